The molecule has 1 fully saturated rings. The number of nitrogens with one attached hydrogen (secondary N) is 1. The van der Waals surface area contributed by atoms with Crippen LogP contribution >= 0.6 is 0 Å². The molecule has 6 N–H and O–H groups in total. The first-order valence-electron chi connectivity index (χ1n) is 38.2. The number of aliphatic hydroxyl groups excluding tert-OH is 5. The highest BCUT2D eigenvalue weighted by molar-refractivity contribution is 5.76. The predicted octanol–water partition coefficient (Wildman–Crippen LogP) is 21.3. The molecular formula is C75H149NO8. The van der Waals surface area contributed by atoms with Gasteiger partial charge in [0.15, 0.2) is 6.29 Å². The zero-order valence-electron chi connectivity index (χ0n) is 56.5. The van der Waals surface area contributed by atoms with Crippen molar-refractivity contribution in [3.63, 3.8) is 0 Å². The Bertz CT molecular complexity index is 1290. The van der Waals surface area contributed by atoms with Gasteiger partial charge in [-0.05, 0) is 12.8 Å². The van der Waals surface area contributed by atoms with Gasteiger partial charge in [0.1, 0.15) is 24.4 Å². The van der Waals surface area contributed by atoms with Gasteiger partial charge in [0.2, 0.25) is 5.91 Å². The molecule has 1 aliphatic heterocycles. The lowest BCUT2D eigenvalue weighted by Crippen LogP contribution is -2.60. The van der Waals surface area contributed by atoms with Gasteiger partial charge in [-0.3, -0.25) is 4.79 Å². The van der Waals surface area contributed by atoms with Gasteiger partial charge < -0.3 is 40.3 Å². The number of aliphatic hydroxyl groups is 5. The number of carbonyl (C=O) groups excluding carboxylic acids is 1. The molecule has 1 aliphatic rings. The van der Waals surface area contributed by atoms with Crippen LogP contribution in [0.15, 0.2) is 0 Å². The van der Waals surface area contributed by atoms with Crippen molar-refractivity contribution in [1.29, 1.82) is 0 Å². The van der Waals surface area contributed by atoms with Crippen molar-refractivity contribution in [3.8, 4) is 0 Å². The van der Waals surface area contributed by atoms with Crippen LogP contribution in [0.25, 0.3) is 0 Å². The summed E-state index contributed by atoms with van der Waals surface area (Å²) < 4.78 is 11.4. The zero-order chi connectivity index (χ0) is 60.7. The molecule has 9 heteroatoms. The van der Waals surface area contributed by atoms with Crippen LogP contribution in [0.5, 0.6) is 0 Å². The van der Waals surface area contributed by atoms with E-state index in [1.54, 1.807) is 0 Å². The lowest BCUT2D eigenvalue weighted by molar-refractivity contribution is -0.302. The molecule has 9 nitrogen and oxygen atoms in total. The summed E-state index contributed by atoms with van der Waals surface area (Å²) in [6, 6.07) is -0.716. The minimum Gasteiger partial charge on any atom is -0.394 e. The van der Waals surface area contributed by atoms with Gasteiger partial charge >= 0.3 is 0 Å². The van der Waals surface area contributed by atoms with E-state index in [-0.39, 0.29) is 12.5 Å². The fraction of sp³-hybridized carbons (Fsp3) is 0.987. The normalized spacial score (nSPS) is 18.0. The van der Waals surface area contributed by atoms with Gasteiger partial charge in [0, 0.05) is 6.42 Å². The number of rotatable bonds is 69. The van der Waals surface area contributed by atoms with E-state index in [0.29, 0.717) is 12.8 Å². The molecule has 1 heterocycles. The van der Waals surface area contributed by atoms with E-state index in [9.17, 15) is 30.3 Å². The third kappa shape index (κ3) is 53.1. The molecule has 0 aromatic rings. The Hall–Kier alpha value is -0.810. The summed E-state index contributed by atoms with van der Waals surface area (Å²) in [4.78, 5) is 13.2. The summed E-state index contributed by atoms with van der Waals surface area (Å²) >= 11 is 0. The van der Waals surface area contributed by atoms with Crippen molar-refractivity contribution in [2.75, 3.05) is 13.2 Å². The van der Waals surface area contributed by atoms with E-state index in [1.807, 2.05) is 0 Å². The second-order valence-electron chi connectivity index (χ2n) is 27.2. The van der Waals surface area contributed by atoms with Gasteiger partial charge in [-0.15, -0.1) is 0 Å². The van der Waals surface area contributed by atoms with E-state index in [0.717, 1.165) is 38.5 Å². The highest BCUT2D eigenvalue weighted by Crippen LogP contribution is 2.24. The fourth-order valence-electron chi connectivity index (χ4n) is 13.0. The van der Waals surface area contributed by atoms with Crippen LogP contribution in [0.1, 0.15) is 418 Å². The van der Waals surface area contributed by atoms with E-state index in [2.05, 4.69) is 19.2 Å². The van der Waals surface area contributed by atoms with Gasteiger partial charge in [0.25, 0.3) is 0 Å². The van der Waals surface area contributed by atoms with Crippen LogP contribution in [0.3, 0.4) is 0 Å². The maximum atomic E-state index is 13.2. The molecule has 0 spiro atoms. The van der Waals surface area contributed by atoms with Crippen molar-refractivity contribution in [3.05, 3.63) is 0 Å². The molecule has 7 unspecified atom stereocenters. The molecule has 0 radical (unpaired) electrons. The van der Waals surface area contributed by atoms with E-state index < -0.39 is 49.5 Å². The number of carbonyl (C=O) groups is 1. The molecule has 0 aromatic carbocycles. The van der Waals surface area contributed by atoms with Crippen molar-refractivity contribution in [2.45, 2.75) is 461 Å². The monoisotopic (exact) mass is 1190 g/mol. The minimum absolute atomic E-state index is 0.130. The maximum absolute atomic E-state index is 13.2. The Morgan fingerprint density at radius 3 is 0.845 bits per heavy atom. The first kappa shape index (κ1) is 81.2. The van der Waals surface area contributed by atoms with E-state index in [4.69, 9.17) is 9.47 Å². The molecule has 84 heavy (non-hydrogen) atoms. The van der Waals surface area contributed by atoms with Crippen molar-refractivity contribution in [2.24, 2.45) is 0 Å². The molecule has 0 aromatic heterocycles. The smallest absolute Gasteiger partial charge is 0.220 e. The Morgan fingerprint density at radius 1 is 0.357 bits per heavy atom. The van der Waals surface area contributed by atoms with Crippen LogP contribution in [0.2, 0.25) is 0 Å². The summed E-state index contributed by atoms with van der Waals surface area (Å²) in [7, 11) is 0. The van der Waals surface area contributed by atoms with Gasteiger partial charge in [-0.2, -0.15) is 0 Å². The predicted molar refractivity (Wildman–Crippen MR) is 360 cm³/mol. The molecule has 502 valence electrons. The number of hydrogen-bond donors (Lipinski definition) is 6. The Labute approximate surface area is 523 Å². The molecule has 1 amide bonds. The fourth-order valence-corrected chi connectivity index (χ4v) is 13.0. The van der Waals surface area contributed by atoms with Crippen LogP contribution in [-0.2, 0) is 14.3 Å². The Balaban J connectivity index is 2.06. The topological polar surface area (TPSA) is 149 Å². The third-order valence-corrected chi connectivity index (χ3v) is 19.0. The van der Waals surface area contributed by atoms with Gasteiger partial charge in [0.05, 0.1) is 25.4 Å². The average molecular weight is 1190 g/mol. The maximum Gasteiger partial charge on any atom is 0.220 e. The van der Waals surface area contributed by atoms with Crippen molar-refractivity contribution in [1.82, 2.24) is 5.32 Å². The summed E-state index contributed by atoms with van der Waals surface area (Å²) in [5, 5.41) is 55.0. The molecule has 1 saturated heterocycles. The number of amides is 1. The van der Waals surface area contributed by atoms with E-state index in [1.165, 1.54) is 353 Å². The molecule has 0 bridgehead atoms. The summed E-state index contributed by atoms with van der Waals surface area (Å²) in [6.07, 6.45) is 76.3. The standard InChI is InChI=1S/C75H149NO8/c1-3-5-7-9-11-13-15-17-19-21-23-25-27-29-31-33-35-36-38-40-42-44-46-48-50-52-54-56-58-60-62-64-69(78)68(67-83-75-74(82)73(81)72(80)70(66-77)84-75)76-71(79)65-63-61-59-57-55-53-51-49-47-45-43-41-39-37-34-32-30-28-26-24-22-20-18-16-14-12-10-8-6-4-2/h68-70,72-75,77-78,80-82H,3-67H2,1-2H3,(H,76,79). The Morgan fingerprint density at radius 2 is 0.595 bits per heavy atom. The molecular weight excluding hydrogens is 1040 g/mol. The van der Waals surface area contributed by atoms with Crippen LogP contribution in [0, 0.1) is 0 Å². The third-order valence-electron chi connectivity index (χ3n) is 19.0. The lowest BCUT2D eigenvalue weighted by atomic mass is 9.99. The first-order valence-corrected chi connectivity index (χ1v) is 38.2. The second-order valence-corrected chi connectivity index (χ2v) is 27.2. The van der Waals surface area contributed by atoms with Crippen LogP contribution in [-0.4, -0.2) is 87.5 Å². The highest BCUT2D eigenvalue weighted by Gasteiger charge is 2.44. The summed E-state index contributed by atoms with van der Waals surface area (Å²) in [5.41, 5.74) is 0. The first-order chi connectivity index (χ1) is 41.3. The van der Waals surface area contributed by atoms with E-state index >= 15 is 0 Å². The molecule has 0 saturated carbocycles. The zero-order valence-corrected chi connectivity index (χ0v) is 56.5. The highest BCUT2D eigenvalue weighted by atomic mass is 16.7. The molecule has 1 rings (SSSR count). The molecule has 0 aliphatic carbocycles. The number of hydrogen-bond acceptors (Lipinski definition) is 8. The summed E-state index contributed by atoms with van der Waals surface area (Å²) in [5.74, 6) is -0.132. The second kappa shape index (κ2) is 65.2. The number of unbranched alkanes of at least 4 members (excludes halogenated alkanes) is 59. The largest absolute Gasteiger partial charge is 0.394 e. The molecule has 7 atom stereocenters. The van der Waals surface area contributed by atoms with Crippen LogP contribution in [0.4, 0.5) is 0 Å². The Kier molecular flexibility index (Phi) is 63.0. The lowest BCUT2D eigenvalue weighted by Gasteiger charge is -2.40. The quantitative estimate of drug-likeness (QED) is 0.0330. The minimum atomic E-state index is -1.55. The van der Waals surface area contributed by atoms with Crippen LogP contribution < -0.4 is 5.32 Å². The average Bonchev–Trinajstić information content (AvgIpc) is 3.70. The summed E-state index contributed by atoms with van der Waals surface area (Å²) in [6.45, 7) is 3.92. The SMILES string of the molecule is CCCCCCCCCCCCCCCCCCCCCCCCCCCCCCCCCC(O)C(COC1OC(CO)C(O)C(O)C1O)NC(=O)CCCCCCCCCCCCCCCCCCCCCCCCCCCCCCCC. The van der Waals surface area contributed by atoms with Crippen molar-refractivity contribution >= 4 is 5.91 Å². The van der Waals surface area contributed by atoms with Gasteiger partial charge in [-0.1, -0.05) is 399 Å². The van der Waals surface area contributed by atoms with Crippen molar-refractivity contribution < 1.29 is 39.8 Å². The van der Waals surface area contributed by atoms with Gasteiger partial charge in [-0.25, -0.2) is 0 Å². The number of ether oxygens (including phenoxy) is 2.